The van der Waals surface area contributed by atoms with Crippen LogP contribution in [0.4, 0.5) is 0 Å². The molecule has 0 saturated heterocycles. The number of benzene rings is 1. The van der Waals surface area contributed by atoms with E-state index < -0.39 is 11.9 Å². The van der Waals surface area contributed by atoms with Crippen LogP contribution in [0.15, 0.2) is 18.2 Å². The van der Waals surface area contributed by atoms with Crippen molar-refractivity contribution in [1.82, 2.24) is 0 Å². The molecule has 3 N–H and O–H groups in total. The van der Waals surface area contributed by atoms with Gasteiger partial charge < -0.3 is 15.3 Å². The molecule has 1 aromatic carbocycles. The number of aromatic hydroxyl groups is 1. The van der Waals surface area contributed by atoms with E-state index in [0.717, 1.165) is 17.5 Å². The minimum Gasteiger partial charge on any atom is -0.508 e. The predicted molar refractivity (Wildman–Crippen MR) is 168 cm³/mol. The Hall–Kier alpha value is -1.55. The van der Waals surface area contributed by atoms with Crippen molar-refractivity contribution in [1.29, 1.82) is 0 Å². The van der Waals surface area contributed by atoms with Gasteiger partial charge in [0.25, 0.3) is 0 Å². The van der Waals surface area contributed by atoms with E-state index in [1.807, 2.05) is 47.6 Å². The lowest BCUT2D eigenvalue weighted by Gasteiger charge is -2.26. The Labute approximate surface area is 242 Å². The molecule has 0 aliphatic carbocycles. The van der Waals surface area contributed by atoms with Gasteiger partial charge in [-0.2, -0.15) is 0 Å². The molecule has 0 heterocycles. The molecule has 4 nitrogen and oxygen atoms in total. The summed E-state index contributed by atoms with van der Waals surface area (Å²) in [6.45, 7) is 14.8. The molecule has 228 valence electrons. The maximum Gasteiger partial charge on any atom is 0.310 e. The first kappa shape index (κ1) is 37.5. The van der Waals surface area contributed by atoms with Gasteiger partial charge in [0.2, 0.25) is 0 Å². The molecular formula is C35H64O4. The zero-order chi connectivity index (χ0) is 29.7. The van der Waals surface area contributed by atoms with E-state index in [1.54, 1.807) is 12.1 Å². The van der Waals surface area contributed by atoms with Crippen LogP contribution >= 0.6 is 0 Å². The summed E-state index contributed by atoms with van der Waals surface area (Å²) in [6.07, 6.45) is 22.7. The zero-order valence-electron chi connectivity index (χ0n) is 26.8. The fourth-order valence-electron chi connectivity index (χ4n) is 4.99. The lowest BCUT2D eigenvalue weighted by Crippen LogP contribution is -2.20. The molecule has 0 aliphatic rings. The van der Waals surface area contributed by atoms with Gasteiger partial charge in [0.05, 0.1) is 5.92 Å². The Morgan fingerprint density at radius 1 is 0.718 bits per heavy atom. The summed E-state index contributed by atoms with van der Waals surface area (Å²) in [5.74, 6) is -1.14. The van der Waals surface area contributed by atoms with Crippen LogP contribution in [0.2, 0.25) is 0 Å². The van der Waals surface area contributed by atoms with E-state index in [0.29, 0.717) is 13.0 Å². The molecule has 39 heavy (non-hydrogen) atoms. The van der Waals surface area contributed by atoms with Gasteiger partial charge in [-0.05, 0) is 40.9 Å². The monoisotopic (exact) mass is 548 g/mol. The lowest BCUT2D eigenvalue weighted by molar-refractivity contribution is -0.139. The van der Waals surface area contributed by atoms with Crippen molar-refractivity contribution in [3.8, 4) is 5.75 Å². The molecule has 1 rings (SSSR count). The maximum absolute atomic E-state index is 11.6. The highest BCUT2D eigenvalue weighted by Gasteiger charge is 2.28. The van der Waals surface area contributed by atoms with E-state index in [-0.39, 0.29) is 16.6 Å². The second-order valence-electron chi connectivity index (χ2n) is 13.7. The van der Waals surface area contributed by atoms with Crippen LogP contribution in [-0.2, 0) is 10.2 Å². The largest absolute Gasteiger partial charge is 0.508 e. The van der Waals surface area contributed by atoms with Crippen LogP contribution in [-0.4, -0.2) is 27.9 Å². The molecule has 0 saturated carbocycles. The number of phenolic OH excluding ortho intramolecular Hbond substituents is 1. The van der Waals surface area contributed by atoms with E-state index in [2.05, 4.69) is 6.92 Å². The molecular weight excluding hydrogens is 484 g/mol. The summed E-state index contributed by atoms with van der Waals surface area (Å²) in [7, 11) is 0. The number of rotatable bonds is 19. The quantitative estimate of drug-likeness (QED) is 0.150. The third-order valence-corrected chi connectivity index (χ3v) is 7.36. The molecule has 4 heteroatoms. The van der Waals surface area contributed by atoms with Gasteiger partial charge >= 0.3 is 5.97 Å². The minimum absolute atomic E-state index is 0.0666. The first-order valence-corrected chi connectivity index (χ1v) is 16.0. The number of carboxylic acid groups (broad SMARTS) is 1. The minimum atomic E-state index is -0.814. The lowest BCUT2D eigenvalue weighted by atomic mass is 9.79. The number of hydrogen-bond donors (Lipinski definition) is 3. The molecule has 0 spiro atoms. The van der Waals surface area contributed by atoms with Crippen molar-refractivity contribution < 1.29 is 20.1 Å². The molecule has 1 unspecified atom stereocenters. The number of carboxylic acids is 1. The Morgan fingerprint density at radius 3 is 1.46 bits per heavy atom. The first-order valence-electron chi connectivity index (χ1n) is 16.0. The molecule has 0 fully saturated rings. The number of carbonyl (C=O) groups is 1. The fraction of sp³-hybridized carbons (Fsp3) is 0.800. The first-order chi connectivity index (χ1) is 18.3. The van der Waals surface area contributed by atoms with Crippen LogP contribution < -0.4 is 0 Å². The number of hydrogen-bond acceptors (Lipinski definition) is 3. The van der Waals surface area contributed by atoms with Crippen LogP contribution in [0.1, 0.15) is 175 Å². The topological polar surface area (TPSA) is 77.8 Å². The Morgan fingerprint density at radius 2 is 1.13 bits per heavy atom. The molecule has 0 aliphatic heterocycles. The number of aliphatic hydroxyl groups excluding tert-OH is 1. The standard InChI is InChI=1S/C18H38O.C17H26O3/c1-2-3-4-5-6-7-8-9-10-11-12-13-14-15-16-17-18-19;1-16(2,3)10-12(15(19)20)11-7-8-14(18)13(9-11)17(4,5)6/h19H,2-18H2,1H3;7-9,12,18H,10H2,1-6H3,(H,19,20). The second kappa shape index (κ2) is 21.2. The third kappa shape index (κ3) is 20.0. The Kier molecular flexibility index (Phi) is 20.4. The average molecular weight is 549 g/mol. The summed E-state index contributed by atoms with van der Waals surface area (Å²) in [5.41, 5.74) is 1.26. The van der Waals surface area contributed by atoms with E-state index in [4.69, 9.17) is 5.11 Å². The van der Waals surface area contributed by atoms with Gasteiger partial charge in [0, 0.05) is 6.61 Å². The zero-order valence-corrected chi connectivity index (χ0v) is 26.8. The highest BCUT2D eigenvalue weighted by atomic mass is 16.4. The highest BCUT2D eigenvalue weighted by molar-refractivity contribution is 5.76. The van der Waals surface area contributed by atoms with Crippen molar-refractivity contribution in [2.24, 2.45) is 5.41 Å². The number of aliphatic hydroxyl groups is 1. The van der Waals surface area contributed by atoms with Gasteiger partial charge in [-0.3, -0.25) is 4.79 Å². The van der Waals surface area contributed by atoms with Gasteiger partial charge in [0.1, 0.15) is 5.75 Å². The highest BCUT2D eigenvalue weighted by Crippen LogP contribution is 2.36. The second-order valence-corrected chi connectivity index (χ2v) is 13.7. The Balaban J connectivity index is 0.000000742. The number of unbranched alkanes of at least 4 members (excludes halogenated alkanes) is 15. The van der Waals surface area contributed by atoms with Gasteiger partial charge in [0.15, 0.2) is 0 Å². The van der Waals surface area contributed by atoms with Gasteiger partial charge in [-0.1, -0.05) is 157 Å². The van der Waals surface area contributed by atoms with E-state index in [1.165, 1.54) is 96.3 Å². The van der Waals surface area contributed by atoms with E-state index in [9.17, 15) is 15.0 Å². The summed E-state index contributed by atoms with van der Waals surface area (Å²) >= 11 is 0. The molecule has 0 radical (unpaired) electrons. The molecule has 0 aromatic heterocycles. The molecule has 1 atom stereocenters. The smallest absolute Gasteiger partial charge is 0.310 e. The Bertz CT molecular complexity index is 726. The molecule has 0 amide bonds. The van der Waals surface area contributed by atoms with Crippen molar-refractivity contribution >= 4 is 5.97 Å². The van der Waals surface area contributed by atoms with Crippen LogP contribution in [0.3, 0.4) is 0 Å². The third-order valence-electron chi connectivity index (χ3n) is 7.36. The summed E-state index contributed by atoms with van der Waals surface area (Å²) in [6, 6.07) is 5.16. The fourth-order valence-corrected chi connectivity index (χ4v) is 4.99. The maximum atomic E-state index is 11.6. The normalized spacial score (nSPS) is 12.6. The van der Waals surface area contributed by atoms with Crippen LogP contribution in [0.25, 0.3) is 0 Å². The molecule has 1 aromatic rings. The summed E-state index contributed by atoms with van der Waals surface area (Å²) in [5, 5.41) is 28.1. The van der Waals surface area contributed by atoms with Crippen molar-refractivity contribution in [3.63, 3.8) is 0 Å². The van der Waals surface area contributed by atoms with Crippen molar-refractivity contribution in [2.75, 3.05) is 6.61 Å². The average Bonchev–Trinajstić information content (AvgIpc) is 2.84. The van der Waals surface area contributed by atoms with Gasteiger partial charge in [-0.15, -0.1) is 0 Å². The van der Waals surface area contributed by atoms with Gasteiger partial charge in [-0.25, -0.2) is 0 Å². The number of aliphatic carboxylic acids is 1. The summed E-state index contributed by atoms with van der Waals surface area (Å²) in [4.78, 5) is 11.6. The van der Waals surface area contributed by atoms with Crippen molar-refractivity contribution in [3.05, 3.63) is 29.3 Å². The predicted octanol–water partition coefficient (Wildman–Crippen LogP) is 10.5. The van der Waals surface area contributed by atoms with Crippen LogP contribution in [0, 0.1) is 5.41 Å². The molecule has 0 bridgehead atoms. The van der Waals surface area contributed by atoms with E-state index >= 15 is 0 Å². The SMILES string of the molecule is CC(C)(C)CC(C(=O)O)c1ccc(O)c(C(C)(C)C)c1.CCCCCCCCCCCCCCCCCCO. The number of phenols is 1. The van der Waals surface area contributed by atoms with Crippen LogP contribution in [0.5, 0.6) is 5.75 Å². The van der Waals surface area contributed by atoms with Crippen molar-refractivity contribution in [2.45, 2.75) is 169 Å². The summed E-state index contributed by atoms with van der Waals surface area (Å²) < 4.78 is 0.